The minimum absolute atomic E-state index is 0.0978. The summed E-state index contributed by atoms with van der Waals surface area (Å²) >= 11 is 0. The van der Waals surface area contributed by atoms with E-state index in [0.29, 0.717) is 13.0 Å². The van der Waals surface area contributed by atoms with Crippen molar-refractivity contribution in [3.8, 4) is 0 Å². The van der Waals surface area contributed by atoms with Crippen molar-refractivity contribution in [3.63, 3.8) is 0 Å². The van der Waals surface area contributed by atoms with Crippen LogP contribution < -0.4 is 5.73 Å². The first-order chi connectivity index (χ1) is 27.9. The summed E-state index contributed by atoms with van der Waals surface area (Å²) in [6.07, 6.45) is 53.1. The number of ether oxygens (including phenoxy) is 2. The SMILES string of the molecule is CCCCCC/C=C\C/C=C\CCCCCCCC(=O)OC(COCCCCCCCCCCCC/C=C\CCCCCCCCCC)COP(=O)(O)OCCN. The van der Waals surface area contributed by atoms with Crippen LogP contribution in [0.3, 0.4) is 0 Å². The van der Waals surface area contributed by atoms with Crippen LogP contribution in [0.25, 0.3) is 0 Å². The molecule has 0 bridgehead atoms. The number of hydrogen-bond donors (Lipinski definition) is 2. The van der Waals surface area contributed by atoms with Crippen LogP contribution in [0.15, 0.2) is 36.5 Å². The molecule has 0 aromatic carbocycles. The van der Waals surface area contributed by atoms with Crippen LogP contribution >= 0.6 is 7.82 Å². The number of carbonyl (C=O) groups excluding carboxylic acids is 1. The first kappa shape index (κ1) is 55.7. The van der Waals surface area contributed by atoms with E-state index >= 15 is 0 Å². The molecule has 0 radical (unpaired) electrons. The van der Waals surface area contributed by atoms with Crippen molar-refractivity contribution in [1.29, 1.82) is 0 Å². The first-order valence-electron chi connectivity index (χ1n) is 24.0. The molecule has 336 valence electrons. The molecule has 0 spiro atoms. The predicted octanol–water partition coefficient (Wildman–Crippen LogP) is 14.6. The summed E-state index contributed by atoms with van der Waals surface area (Å²) in [4.78, 5) is 22.5. The van der Waals surface area contributed by atoms with E-state index in [-0.39, 0.29) is 32.3 Å². The molecule has 0 rings (SSSR count). The van der Waals surface area contributed by atoms with Crippen LogP contribution in [0.1, 0.15) is 226 Å². The van der Waals surface area contributed by atoms with Crippen molar-refractivity contribution in [2.24, 2.45) is 5.73 Å². The molecule has 0 aliphatic rings. The lowest BCUT2D eigenvalue weighted by Gasteiger charge is -2.20. The molecule has 0 aliphatic carbocycles. The minimum atomic E-state index is -4.28. The van der Waals surface area contributed by atoms with Crippen molar-refractivity contribution in [3.05, 3.63) is 36.5 Å². The number of phosphoric acid groups is 1. The number of esters is 1. The fourth-order valence-electron chi connectivity index (χ4n) is 6.73. The first-order valence-corrected chi connectivity index (χ1v) is 25.5. The summed E-state index contributed by atoms with van der Waals surface area (Å²) < 4.78 is 33.5. The van der Waals surface area contributed by atoms with Crippen LogP contribution in [-0.2, 0) is 27.9 Å². The van der Waals surface area contributed by atoms with Crippen molar-refractivity contribution in [2.45, 2.75) is 232 Å². The van der Waals surface area contributed by atoms with Crippen molar-refractivity contribution < 1.29 is 32.8 Å². The molecular weight excluding hydrogens is 734 g/mol. The number of nitrogens with two attached hydrogens (primary N) is 1. The molecular formula is C48H92NO7P. The van der Waals surface area contributed by atoms with Gasteiger partial charge in [-0.2, -0.15) is 0 Å². The number of allylic oxidation sites excluding steroid dienone is 6. The van der Waals surface area contributed by atoms with Gasteiger partial charge in [-0.1, -0.05) is 185 Å². The highest BCUT2D eigenvalue weighted by Gasteiger charge is 2.25. The average molecular weight is 826 g/mol. The Balaban J connectivity index is 3.97. The molecule has 0 saturated heterocycles. The Morgan fingerprint density at radius 2 is 0.930 bits per heavy atom. The van der Waals surface area contributed by atoms with Gasteiger partial charge < -0.3 is 20.1 Å². The zero-order valence-corrected chi connectivity index (χ0v) is 38.2. The maximum Gasteiger partial charge on any atom is 0.472 e. The lowest BCUT2D eigenvalue weighted by Crippen LogP contribution is -2.28. The Labute approximate surface area is 352 Å². The van der Waals surface area contributed by atoms with Crippen molar-refractivity contribution in [2.75, 3.05) is 33.0 Å². The second kappa shape index (κ2) is 45.8. The Morgan fingerprint density at radius 1 is 0.526 bits per heavy atom. The van der Waals surface area contributed by atoms with Gasteiger partial charge in [0.15, 0.2) is 0 Å². The summed E-state index contributed by atoms with van der Waals surface area (Å²) in [7, 11) is -4.28. The number of rotatable bonds is 46. The minimum Gasteiger partial charge on any atom is -0.457 e. The van der Waals surface area contributed by atoms with Gasteiger partial charge in [-0.25, -0.2) is 4.57 Å². The van der Waals surface area contributed by atoms with E-state index in [2.05, 4.69) is 50.3 Å². The van der Waals surface area contributed by atoms with Crippen LogP contribution in [0.2, 0.25) is 0 Å². The fourth-order valence-corrected chi connectivity index (χ4v) is 7.49. The van der Waals surface area contributed by atoms with Gasteiger partial charge in [0, 0.05) is 19.6 Å². The van der Waals surface area contributed by atoms with E-state index in [1.165, 1.54) is 148 Å². The Bertz CT molecular complexity index is 972. The summed E-state index contributed by atoms with van der Waals surface area (Å²) in [5.74, 6) is -0.342. The van der Waals surface area contributed by atoms with Gasteiger partial charge in [0.25, 0.3) is 0 Å². The summed E-state index contributed by atoms with van der Waals surface area (Å²) in [6.45, 7) is 4.91. The largest absolute Gasteiger partial charge is 0.472 e. The van der Waals surface area contributed by atoms with Gasteiger partial charge in [-0.05, 0) is 70.6 Å². The average Bonchev–Trinajstić information content (AvgIpc) is 3.20. The monoisotopic (exact) mass is 826 g/mol. The molecule has 57 heavy (non-hydrogen) atoms. The highest BCUT2D eigenvalue weighted by atomic mass is 31.2. The summed E-state index contributed by atoms with van der Waals surface area (Å²) in [5.41, 5.74) is 5.38. The van der Waals surface area contributed by atoms with Crippen molar-refractivity contribution in [1.82, 2.24) is 0 Å². The maximum atomic E-state index is 12.6. The predicted molar refractivity (Wildman–Crippen MR) is 243 cm³/mol. The number of carbonyl (C=O) groups is 1. The Morgan fingerprint density at radius 3 is 1.40 bits per heavy atom. The van der Waals surface area contributed by atoms with Gasteiger partial charge in [0.2, 0.25) is 0 Å². The highest BCUT2D eigenvalue weighted by molar-refractivity contribution is 7.47. The van der Waals surface area contributed by atoms with E-state index in [4.69, 9.17) is 24.3 Å². The topological polar surface area (TPSA) is 117 Å². The van der Waals surface area contributed by atoms with E-state index in [1.54, 1.807) is 0 Å². The smallest absolute Gasteiger partial charge is 0.457 e. The Kier molecular flexibility index (Phi) is 44.8. The van der Waals surface area contributed by atoms with Crippen LogP contribution in [0, 0.1) is 0 Å². The number of hydrogen-bond acceptors (Lipinski definition) is 7. The summed E-state index contributed by atoms with van der Waals surface area (Å²) in [5, 5.41) is 0. The van der Waals surface area contributed by atoms with E-state index in [0.717, 1.165) is 57.8 Å². The third kappa shape index (κ3) is 45.7. The molecule has 2 atom stereocenters. The van der Waals surface area contributed by atoms with Crippen LogP contribution in [0.5, 0.6) is 0 Å². The quantitative estimate of drug-likeness (QED) is 0.0270. The van der Waals surface area contributed by atoms with Gasteiger partial charge in [-0.15, -0.1) is 0 Å². The molecule has 2 unspecified atom stereocenters. The van der Waals surface area contributed by atoms with Gasteiger partial charge in [-0.3, -0.25) is 13.8 Å². The molecule has 0 aliphatic heterocycles. The zero-order valence-electron chi connectivity index (χ0n) is 37.3. The Hall–Kier alpha value is -1.28. The third-order valence-electron chi connectivity index (χ3n) is 10.3. The highest BCUT2D eigenvalue weighted by Crippen LogP contribution is 2.43. The second-order valence-electron chi connectivity index (χ2n) is 16.0. The fraction of sp³-hybridized carbons (Fsp3) is 0.854. The zero-order chi connectivity index (χ0) is 41.6. The molecule has 0 saturated carbocycles. The number of phosphoric ester groups is 1. The van der Waals surface area contributed by atoms with E-state index in [1.807, 2.05) is 0 Å². The van der Waals surface area contributed by atoms with E-state index < -0.39 is 13.9 Å². The standard InChI is InChI=1S/C48H92NO7P/c1-3-5-7-9-11-13-15-17-19-21-22-23-24-25-26-28-30-32-34-36-38-40-43-53-45-47(46-55-57(51,52)54-44-42-49)56-48(50)41-39-37-35-33-31-29-27-20-18-16-14-12-10-8-6-4-2/h14,16,20-22,27,47H,3-13,15,17-19,23-26,28-46,49H2,1-2H3,(H,51,52)/b16-14-,22-21-,27-20-. The van der Waals surface area contributed by atoms with Crippen LogP contribution in [0.4, 0.5) is 0 Å². The molecule has 9 heteroatoms. The molecule has 0 aromatic heterocycles. The van der Waals surface area contributed by atoms with E-state index in [9.17, 15) is 14.3 Å². The molecule has 8 nitrogen and oxygen atoms in total. The third-order valence-corrected chi connectivity index (χ3v) is 11.3. The molecule has 0 amide bonds. The van der Waals surface area contributed by atoms with Gasteiger partial charge in [0.1, 0.15) is 6.10 Å². The van der Waals surface area contributed by atoms with Gasteiger partial charge in [0.05, 0.1) is 19.8 Å². The van der Waals surface area contributed by atoms with Crippen molar-refractivity contribution >= 4 is 13.8 Å². The summed E-state index contributed by atoms with van der Waals surface area (Å²) in [6, 6.07) is 0. The maximum absolute atomic E-state index is 12.6. The van der Waals surface area contributed by atoms with Crippen LogP contribution in [-0.4, -0.2) is 49.9 Å². The lowest BCUT2D eigenvalue weighted by atomic mass is 10.1. The molecule has 0 aromatic rings. The molecule has 0 heterocycles. The normalized spacial score (nSPS) is 13.7. The number of unbranched alkanes of at least 4 members (excludes halogenated alkanes) is 27. The molecule has 0 fully saturated rings. The lowest BCUT2D eigenvalue weighted by molar-refractivity contribution is -0.154. The van der Waals surface area contributed by atoms with Gasteiger partial charge >= 0.3 is 13.8 Å². The second-order valence-corrected chi connectivity index (χ2v) is 17.4. The molecule has 3 N–H and O–H groups in total.